The number of fused-ring (bicyclic) bond motifs is 1. The van der Waals surface area contributed by atoms with Gasteiger partial charge in [0.15, 0.2) is 6.10 Å². The number of carbonyl (C=O) groups is 2. The van der Waals surface area contributed by atoms with Crippen molar-refractivity contribution < 1.29 is 19.2 Å². The second-order valence-electron chi connectivity index (χ2n) is 10.7. The van der Waals surface area contributed by atoms with Crippen LogP contribution in [0.3, 0.4) is 0 Å². The van der Waals surface area contributed by atoms with E-state index >= 15 is 0 Å². The summed E-state index contributed by atoms with van der Waals surface area (Å²) in [5, 5.41) is 1.74. The van der Waals surface area contributed by atoms with Crippen molar-refractivity contribution in [1.82, 2.24) is 0 Å². The Labute approximate surface area is 218 Å². The molecule has 37 heavy (non-hydrogen) atoms. The number of hydrogen-bond acceptors (Lipinski definition) is 5. The molecule has 0 N–H and O–H groups in total. The Morgan fingerprint density at radius 1 is 0.838 bits per heavy atom. The van der Waals surface area contributed by atoms with Gasteiger partial charge in [0.1, 0.15) is 11.7 Å². The molecular weight excluding hydrogens is 464 g/mol. The van der Waals surface area contributed by atoms with Gasteiger partial charge in [0, 0.05) is 0 Å². The van der Waals surface area contributed by atoms with Crippen LogP contribution in [0.5, 0.6) is 5.75 Å². The maximum absolute atomic E-state index is 13.8. The van der Waals surface area contributed by atoms with Gasteiger partial charge in [-0.25, -0.2) is 9.96 Å². The molecule has 192 valence electrons. The van der Waals surface area contributed by atoms with E-state index < -0.39 is 18.1 Å². The van der Waals surface area contributed by atoms with Gasteiger partial charge < -0.3 is 4.74 Å². The van der Waals surface area contributed by atoms with Gasteiger partial charge in [-0.3, -0.25) is 14.4 Å². The van der Waals surface area contributed by atoms with Crippen LogP contribution in [0.2, 0.25) is 0 Å². The number of benzene rings is 3. The molecule has 3 atom stereocenters. The van der Waals surface area contributed by atoms with Crippen LogP contribution >= 0.6 is 0 Å². The van der Waals surface area contributed by atoms with Gasteiger partial charge in [0.25, 0.3) is 5.91 Å². The van der Waals surface area contributed by atoms with Crippen LogP contribution in [0.1, 0.15) is 57.7 Å². The highest BCUT2D eigenvalue weighted by Gasteiger charge is 2.60. The third-order valence-electron chi connectivity index (χ3n) is 7.11. The minimum Gasteiger partial charge on any atom is -0.494 e. The standard InChI is InChI=1S/C31H34N2O4/c1-5-6-20-36-25-18-16-23(17-19-25)32-29(34)26-27(21-12-14-22(15-13-21)31(2,3)4)33(37-28(26)30(32)35)24-10-8-7-9-11-24/h7-19,26-28H,5-6,20H2,1-4H3/t26-,27+,28+/m0/s1. The highest BCUT2D eigenvalue weighted by molar-refractivity contribution is 6.23. The number of unbranched alkanes of at least 4 members (excludes halogenated alkanes) is 1. The van der Waals surface area contributed by atoms with E-state index in [9.17, 15) is 9.59 Å². The lowest BCUT2D eigenvalue weighted by Gasteiger charge is -2.29. The lowest BCUT2D eigenvalue weighted by molar-refractivity contribution is -0.126. The van der Waals surface area contributed by atoms with Crippen molar-refractivity contribution in [2.45, 2.75) is 58.1 Å². The zero-order chi connectivity index (χ0) is 26.2. The van der Waals surface area contributed by atoms with Crippen molar-refractivity contribution in [2.75, 3.05) is 16.6 Å². The summed E-state index contributed by atoms with van der Waals surface area (Å²) in [6.07, 6.45) is 1.14. The molecule has 2 aliphatic rings. The van der Waals surface area contributed by atoms with Gasteiger partial charge in [0.05, 0.1) is 24.0 Å². The fourth-order valence-electron chi connectivity index (χ4n) is 5.01. The van der Waals surface area contributed by atoms with E-state index in [1.807, 2.05) is 30.3 Å². The van der Waals surface area contributed by atoms with E-state index in [2.05, 4.69) is 52.0 Å². The molecule has 5 rings (SSSR count). The predicted molar refractivity (Wildman–Crippen MR) is 145 cm³/mol. The fourth-order valence-corrected chi connectivity index (χ4v) is 5.01. The van der Waals surface area contributed by atoms with E-state index in [1.165, 1.54) is 10.5 Å². The number of imide groups is 1. The first-order valence-electron chi connectivity index (χ1n) is 13.0. The SMILES string of the molecule is CCCCOc1ccc(N2C(=O)[C@H]3[C@@H](c4ccc(C(C)(C)C)cc4)N(c4ccccc4)O[C@H]3C2=O)cc1. The van der Waals surface area contributed by atoms with Crippen molar-refractivity contribution in [3.63, 3.8) is 0 Å². The van der Waals surface area contributed by atoms with E-state index in [0.29, 0.717) is 12.3 Å². The normalized spacial score (nSPS) is 21.5. The van der Waals surface area contributed by atoms with Gasteiger partial charge in [-0.1, -0.05) is 76.6 Å². The third-order valence-corrected chi connectivity index (χ3v) is 7.11. The van der Waals surface area contributed by atoms with Gasteiger partial charge in [-0.15, -0.1) is 0 Å². The summed E-state index contributed by atoms with van der Waals surface area (Å²) in [4.78, 5) is 34.9. The number of hydrogen-bond donors (Lipinski definition) is 0. The monoisotopic (exact) mass is 498 g/mol. The van der Waals surface area contributed by atoms with Crippen LogP contribution < -0.4 is 14.7 Å². The molecule has 0 aliphatic carbocycles. The largest absolute Gasteiger partial charge is 0.494 e. The van der Waals surface area contributed by atoms with Crippen LogP contribution in [0.15, 0.2) is 78.9 Å². The lowest BCUT2D eigenvalue weighted by atomic mass is 9.84. The molecule has 2 saturated heterocycles. The quantitative estimate of drug-likeness (QED) is 0.286. The smallest absolute Gasteiger partial charge is 0.266 e. The summed E-state index contributed by atoms with van der Waals surface area (Å²) in [7, 11) is 0. The average molecular weight is 499 g/mol. The van der Waals surface area contributed by atoms with E-state index in [-0.39, 0.29) is 17.2 Å². The Balaban J connectivity index is 1.47. The van der Waals surface area contributed by atoms with Crippen LogP contribution in [-0.2, 0) is 19.8 Å². The molecule has 0 unspecified atom stereocenters. The fraction of sp³-hybridized carbons (Fsp3) is 0.355. The Kier molecular flexibility index (Phi) is 6.78. The molecule has 3 aromatic carbocycles. The summed E-state index contributed by atoms with van der Waals surface area (Å²) >= 11 is 0. The number of amides is 2. The molecule has 2 aliphatic heterocycles. The van der Waals surface area contributed by atoms with Crippen molar-refractivity contribution >= 4 is 23.2 Å². The number of anilines is 2. The van der Waals surface area contributed by atoms with Gasteiger partial charge in [-0.2, -0.15) is 0 Å². The second-order valence-corrected chi connectivity index (χ2v) is 10.7. The minimum absolute atomic E-state index is 0.00865. The van der Waals surface area contributed by atoms with Crippen LogP contribution in [0.4, 0.5) is 11.4 Å². The number of hydroxylamine groups is 1. The lowest BCUT2D eigenvalue weighted by Crippen LogP contribution is -2.37. The highest BCUT2D eigenvalue weighted by Crippen LogP contribution is 2.47. The van der Waals surface area contributed by atoms with Gasteiger partial charge in [-0.05, 0) is 59.4 Å². The molecule has 3 aromatic rings. The van der Waals surface area contributed by atoms with Crippen LogP contribution in [0, 0.1) is 5.92 Å². The molecule has 2 heterocycles. The van der Waals surface area contributed by atoms with Crippen molar-refractivity contribution in [3.8, 4) is 5.75 Å². The third kappa shape index (κ3) is 4.74. The second kappa shape index (κ2) is 10.0. The van der Waals surface area contributed by atoms with Crippen molar-refractivity contribution in [2.24, 2.45) is 5.92 Å². The maximum Gasteiger partial charge on any atom is 0.266 e. The summed E-state index contributed by atoms with van der Waals surface area (Å²) in [5.74, 6) is -0.532. The Morgan fingerprint density at radius 2 is 1.51 bits per heavy atom. The maximum atomic E-state index is 13.8. The molecule has 0 aromatic heterocycles. The number of carbonyl (C=O) groups excluding carboxylic acids is 2. The Hall–Kier alpha value is -3.64. The van der Waals surface area contributed by atoms with Crippen molar-refractivity contribution in [3.05, 3.63) is 90.0 Å². The molecule has 6 nitrogen and oxygen atoms in total. The van der Waals surface area contributed by atoms with Crippen LogP contribution in [-0.4, -0.2) is 24.5 Å². The summed E-state index contributed by atoms with van der Waals surface area (Å²) < 4.78 is 5.74. The molecular formula is C31H34N2O4. The molecule has 0 bridgehead atoms. The number of ether oxygens (including phenoxy) is 1. The first-order chi connectivity index (χ1) is 17.8. The Bertz CT molecular complexity index is 1250. The topological polar surface area (TPSA) is 59.1 Å². The van der Waals surface area contributed by atoms with E-state index in [0.717, 1.165) is 29.8 Å². The number of para-hydroxylation sites is 1. The minimum atomic E-state index is -0.888. The molecule has 6 heteroatoms. The number of rotatable bonds is 7. The number of nitrogens with zero attached hydrogens (tertiary/aromatic N) is 2. The predicted octanol–water partition coefficient (Wildman–Crippen LogP) is 6.21. The van der Waals surface area contributed by atoms with Crippen molar-refractivity contribution in [1.29, 1.82) is 0 Å². The van der Waals surface area contributed by atoms with E-state index in [4.69, 9.17) is 9.57 Å². The molecule has 0 spiro atoms. The highest BCUT2D eigenvalue weighted by atomic mass is 16.7. The van der Waals surface area contributed by atoms with Crippen LogP contribution in [0.25, 0.3) is 0 Å². The first-order valence-corrected chi connectivity index (χ1v) is 13.0. The van der Waals surface area contributed by atoms with Gasteiger partial charge in [0.2, 0.25) is 5.91 Å². The molecule has 0 saturated carbocycles. The average Bonchev–Trinajstić information content (AvgIpc) is 3.41. The summed E-state index contributed by atoms with van der Waals surface area (Å²) in [5.41, 5.74) is 3.49. The first kappa shape index (κ1) is 25.0. The Morgan fingerprint density at radius 3 is 2.14 bits per heavy atom. The molecule has 0 radical (unpaired) electrons. The zero-order valence-corrected chi connectivity index (χ0v) is 21.9. The van der Waals surface area contributed by atoms with E-state index in [1.54, 1.807) is 29.3 Å². The molecule has 2 amide bonds. The summed E-state index contributed by atoms with van der Waals surface area (Å²) in [6.45, 7) is 9.26. The molecule has 2 fully saturated rings. The zero-order valence-electron chi connectivity index (χ0n) is 21.9. The summed E-state index contributed by atoms with van der Waals surface area (Å²) in [6, 6.07) is 24.7. The van der Waals surface area contributed by atoms with Gasteiger partial charge >= 0.3 is 0 Å².